The molecule has 1 aliphatic carbocycles. The molecule has 0 bridgehead atoms. The van der Waals surface area contributed by atoms with Crippen LogP contribution >= 0.6 is 0 Å². The number of aryl methyl sites for hydroxylation is 1. The number of nitrogens with one attached hydrogen (secondary N) is 1. The van der Waals surface area contributed by atoms with Crippen molar-refractivity contribution in [2.75, 3.05) is 0 Å². The van der Waals surface area contributed by atoms with Crippen LogP contribution in [0.2, 0.25) is 0 Å². The maximum absolute atomic E-state index is 10.6. The SMILES string of the molecule is O=NC1CCc2c1[nH]c1ccccc21. The summed E-state index contributed by atoms with van der Waals surface area (Å²) in [6.07, 6.45) is 1.82. The van der Waals surface area contributed by atoms with E-state index in [2.05, 4.69) is 16.2 Å². The zero-order valence-corrected chi connectivity index (χ0v) is 7.66. The Labute approximate surface area is 81.1 Å². The highest BCUT2D eigenvalue weighted by atomic mass is 16.3. The van der Waals surface area contributed by atoms with E-state index in [0.29, 0.717) is 0 Å². The molecule has 1 atom stereocenters. The number of nitroso groups, excluding NO2 is 1. The number of H-pyrrole nitrogens is 1. The van der Waals surface area contributed by atoms with Gasteiger partial charge in [-0.05, 0) is 24.5 Å². The van der Waals surface area contributed by atoms with Crippen LogP contribution in [0.3, 0.4) is 0 Å². The van der Waals surface area contributed by atoms with Crippen LogP contribution in [0, 0.1) is 4.91 Å². The summed E-state index contributed by atoms with van der Waals surface area (Å²) in [5.74, 6) is 0. The molecule has 0 aliphatic heterocycles. The molecular formula is C11H10N2O. The number of fused-ring (bicyclic) bond motifs is 3. The molecule has 0 saturated carbocycles. The Balaban J connectivity index is 2.31. The van der Waals surface area contributed by atoms with Crippen molar-refractivity contribution in [1.29, 1.82) is 0 Å². The van der Waals surface area contributed by atoms with Gasteiger partial charge in [-0.2, -0.15) is 4.91 Å². The van der Waals surface area contributed by atoms with Crippen LogP contribution in [0.4, 0.5) is 0 Å². The predicted octanol–water partition coefficient (Wildman–Crippen LogP) is 2.92. The molecule has 1 heterocycles. The number of para-hydroxylation sites is 1. The average Bonchev–Trinajstić information content (AvgIpc) is 2.75. The van der Waals surface area contributed by atoms with Gasteiger partial charge in [-0.25, -0.2) is 0 Å². The van der Waals surface area contributed by atoms with Gasteiger partial charge in [-0.1, -0.05) is 23.4 Å². The lowest BCUT2D eigenvalue weighted by Crippen LogP contribution is -1.87. The number of benzene rings is 1. The molecule has 3 rings (SSSR count). The van der Waals surface area contributed by atoms with Gasteiger partial charge < -0.3 is 4.98 Å². The smallest absolute Gasteiger partial charge is 0.132 e. The van der Waals surface area contributed by atoms with Crippen molar-refractivity contribution in [2.24, 2.45) is 5.18 Å². The van der Waals surface area contributed by atoms with E-state index in [1.807, 2.05) is 18.2 Å². The molecule has 14 heavy (non-hydrogen) atoms. The van der Waals surface area contributed by atoms with Gasteiger partial charge in [0.1, 0.15) is 6.04 Å². The van der Waals surface area contributed by atoms with Gasteiger partial charge in [-0.3, -0.25) is 0 Å². The van der Waals surface area contributed by atoms with Crippen molar-refractivity contribution >= 4 is 10.9 Å². The van der Waals surface area contributed by atoms with E-state index in [1.54, 1.807) is 0 Å². The highest BCUT2D eigenvalue weighted by Gasteiger charge is 2.26. The topological polar surface area (TPSA) is 45.2 Å². The Hall–Kier alpha value is -1.64. The number of hydrogen-bond acceptors (Lipinski definition) is 2. The number of aromatic nitrogens is 1. The monoisotopic (exact) mass is 186 g/mol. The fourth-order valence-corrected chi connectivity index (χ4v) is 2.31. The summed E-state index contributed by atoms with van der Waals surface area (Å²) >= 11 is 0. The zero-order valence-electron chi connectivity index (χ0n) is 7.66. The van der Waals surface area contributed by atoms with Gasteiger partial charge in [0.2, 0.25) is 0 Å². The number of rotatable bonds is 1. The van der Waals surface area contributed by atoms with Gasteiger partial charge in [0.25, 0.3) is 0 Å². The minimum Gasteiger partial charge on any atom is -0.356 e. The van der Waals surface area contributed by atoms with E-state index in [-0.39, 0.29) is 6.04 Å². The third-order valence-electron chi connectivity index (χ3n) is 2.97. The van der Waals surface area contributed by atoms with Crippen LogP contribution in [-0.4, -0.2) is 4.98 Å². The average molecular weight is 186 g/mol. The molecule has 0 radical (unpaired) electrons. The normalized spacial score (nSPS) is 19.9. The van der Waals surface area contributed by atoms with E-state index >= 15 is 0 Å². The summed E-state index contributed by atoms with van der Waals surface area (Å²) in [5.41, 5.74) is 3.43. The van der Waals surface area contributed by atoms with Crippen molar-refractivity contribution in [3.63, 3.8) is 0 Å². The van der Waals surface area contributed by atoms with Gasteiger partial charge in [0.15, 0.2) is 0 Å². The predicted molar refractivity (Wildman–Crippen MR) is 55.2 cm³/mol. The second kappa shape index (κ2) is 2.67. The van der Waals surface area contributed by atoms with Crippen molar-refractivity contribution in [3.8, 4) is 0 Å². The van der Waals surface area contributed by atoms with Crippen molar-refractivity contribution in [2.45, 2.75) is 18.9 Å². The number of aromatic amines is 1. The summed E-state index contributed by atoms with van der Waals surface area (Å²) in [4.78, 5) is 13.9. The molecular weight excluding hydrogens is 176 g/mol. The first-order chi connectivity index (χ1) is 6.90. The largest absolute Gasteiger partial charge is 0.356 e. The third kappa shape index (κ3) is 0.867. The van der Waals surface area contributed by atoms with Crippen LogP contribution in [0.5, 0.6) is 0 Å². The highest BCUT2D eigenvalue weighted by molar-refractivity contribution is 5.85. The Morgan fingerprint density at radius 3 is 3.07 bits per heavy atom. The standard InChI is InChI=1S/C11H10N2O/c14-13-10-6-5-8-7-3-1-2-4-9(7)12-11(8)10/h1-4,10,12H,5-6H2. The summed E-state index contributed by atoms with van der Waals surface area (Å²) in [5, 5.41) is 4.39. The van der Waals surface area contributed by atoms with Crippen LogP contribution in [0.25, 0.3) is 10.9 Å². The molecule has 0 saturated heterocycles. The Morgan fingerprint density at radius 2 is 2.21 bits per heavy atom. The van der Waals surface area contributed by atoms with E-state index < -0.39 is 0 Å². The second-order valence-corrected chi connectivity index (χ2v) is 3.72. The molecule has 0 spiro atoms. The van der Waals surface area contributed by atoms with Gasteiger partial charge in [-0.15, -0.1) is 0 Å². The van der Waals surface area contributed by atoms with Crippen molar-refractivity contribution in [3.05, 3.63) is 40.4 Å². The van der Waals surface area contributed by atoms with Crippen LogP contribution in [-0.2, 0) is 6.42 Å². The molecule has 70 valence electrons. The Kier molecular flexibility index (Phi) is 1.48. The molecule has 2 aromatic rings. The molecule has 1 N–H and O–H groups in total. The maximum atomic E-state index is 10.6. The lowest BCUT2D eigenvalue weighted by atomic mass is 10.1. The Morgan fingerprint density at radius 1 is 1.36 bits per heavy atom. The lowest BCUT2D eigenvalue weighted by molar-refractivity contribution is 0.695. The summed E-state index contributed by atoms with van der Waals surface area (Å²) in [6, 6.07) is 8.00. The zero-order chi connectivity index (χ0) is 9.54. The summed E-state index contributed by atoms with van der Waals surface area (Å²) in [6.45, 7) is 0. The molecule has 3 nitrogen and oxygen atoms in total. The van der Waals surface area contributed by atoms with E-state index in [9.17, 15) is 4.91 Å². The first-order valence-corrected chi connectivity index (χ1v) is 4.82. The van der Waals surface area contributed by atoms with E-state index in [4.69, 9.17) is 0 Å². The third-order valence-corrected chi connectivity index (χ3v) is 2.97. The fourth-order valence-electron chi connectivity index (χ4n) is 2.31. The Bertz CT molecular complexity index is 501. The van der Waals surface area contributed by atoms with Crippen molar-refractivity contribution in [1.82, 2.24) is 4.98 Å². The molecule has 0 amide bonds. The van der Waals surface area contributed by atoms with E-state index in [1.165, 1.54) is 10.9 Å². The minimum atomic E-state index is -0.155. The quantitative estimate of drug-likeness (QED) is 0.684. The van der Waals surface area contributed by atoms with Crippen molar-refractivity contribution < 1.29 is 0 Å². The second-order valence-electron chi connectivity index (χ2n) is 3.72. The molecule has 1 aromatic heterocycles. The van der Waals surface area contributed by atoms with Crippen LogP contribution in [0.15, 0.2) is 29.4 Å². The van der Waals surface area contributed by atoms with Gasteiger partial charge in [0.05, 0.1) is 0 Å². The number of hydrogen-bond donors (Lipinski definition) is 1. The molecule has 0 fully saturated rings. The highest BCUT2D eigenvalue weighted by Crippen LogP contribution is 2.37. The number of nitrogens with zero attached hydrogens (tertiary/aromatic N) is 1. The van der Waals surface area contributed by atoms with E-state index in [0.717, 1.165) is 24.1 Å². The minimum absolute atomic E-state index is 0.155. The molecule has 1 aliphatic rings. The van der Waals surface area contributed by atoms with Gasteiger partial charge >= 0.3 is 0 Å². The van der Waals surface area contributed by atoms with Crippen LogP contribution in [0.1, 0.15) is 23.7 Å². The summed E-state index contributed by atoms with van der Waals surface area (Å²) in [7, 11) is 0. The molecule has 1 unspecified atom stereocenters. The first-order valence-electron chi connectivity index (χ1n) is 4.82. The fraction of sp³-hybridized carbons (Fsp3) is 0.273. The maximum Gasteiger partial charge on any atom is 0.132 e. The molecule has 3 heteroatoms. The summed E-state index contributed by atoms with van der Waals surface area (Å²) < 4.78 is 0. The first kappa shape index (κ1) is 7.74. The molecule has 1 aromatic carbocycles. The van der Waals surface area contributed by atoms with Gasteiger partial charge in [0, 0.05) is 16.6 Å². The lowest BCUT2D eigenvalue weighted by Gasteiger charge is -1.95. The van der Waals surface area contributed by atoms with Crippen LogP contribution < -0.4 is 0 Å².